The van der Waals surface area contributed by atoms with Gasteiger partial charge in [0.25, 0.3) is 11.6 Å². The number of nitro benzene ring substituents is 1. The van der Waals surface area contributed by atoms with Crippen molar-refractivity contribution in [3.05, 3.63) is 87.3 Å². The number of benzene rings is 2. The second kappa shape index (κ2) is 8.21. The average molecular weight is 420 g/mol. The number of anilines is 1. The number of carbonyl (C=O) groups excluding carboxylic acids is 1. The van der Waals surface area contributed by atoms with Crippen LogP contribution in [0, 0.1) is 17.0 Å². The number of hydrogen-bond donors (Lipinski definition) is 1. The second-order valence-electron chi connectivity index (χ2n) is 6.54. The van der Waals surface area contributed by atoms with Gasteiger partial charge < -0.3 is 0 Å². The van der Waals surface area contributed by atoms with Crippen molar-refractivity contribution in [3.63, 3.8) is 0 Å². The van der Waals surface area contributed by atoms with E-state index in [2.05, 4.69) is 20.4 Å². The zero-order chi connectivity index (χ0) is 21.1. The number of rotatable bonds is 6. The highest BCUT2D eigenvalue weighted by Gasteiger charge is 2.15. The van der Waals surface area contributed by atoms with Crippen molar-refractivity contribution in [2.24, 2.45) is 0 Å². The van der Waals surface area contributed by atoms with Crippen molar-refractivity contribution in [1.29, 1.82) is 0 Å². The summed E-state index contributed by atoms with van der Waals surface area (Å²) in [6, 6.07) is 12.1. The first-order valence-electron chi connectivity index (χ1n) is 8.93. The van der Waals surface area contributed by atoms with Crippen molar-refractivity contribution < 1.29 is 9.72 Å². The molecule has 0 saturated heterocycles. The number of nitro groups is 1. The zero-order valence-corrected chi connectivity index (χ0v) is 16.7. The number of aromatic nitrogens is 4. The van der Waals surface area contributed by atoms with Gasteiger partial charge in [0.2, 0.25) is 0 Å². The fraction of sp³-hybridized carbons (Fsp3) is 0.100. The van der Waals surface area contributed by atoms with Gasteiger partial charge in [-0.3, -0.25) is 20.2 Å². The Balaban J connectivity index is 1.45. The van der Waals surface area contributed by atoms with E-state index in [1.165, 1.54) is 23.7 Å². The third-order valence-electron chi connectivity index (χ3n) is 4.45. The van der Waals surface area contributed by atoms with Crippen molar-refractivity contribution >= 4 is 28.1 Å². The molecule has 0 spiro atoms. The van der Waals surface area contributed by atoms with Crippen LogP contribution in [0.15, 0.2) is 60.5 Å². The summed E-state index contributed by atoms with van der Waals surface area (Å²) in [7, 11) is 0. The van der Waals surface area contributed by atoms with Gasteiger partial charge in [0.05, 0.1) is 17.2 Å². The van der Waals surface area contributed by atoms with Gasteiger partial charge in [-0.15, -0.1) is 11.3 Å². The van der Waals surface area contributed by atoms with Crippen LogP contribution in [0.25, 0.3) is 11.3 Å². The van der Waals surface area contributed by atoms with Crippen LogP contribution in [0.2, 0.25) is 0 Å². The van der Waals surface area contributed by atoms with E-state index < -0.39 is 4.92 Å². The van der Waals surface area contributed by atoms with E-state index >= 15 is 0 Å². The Hall–Kier alpha value is -3.92. The van der Waals surface area contributed by atoms with Crippen molar-refractivity contribution in [2.75, 3.05) is 5.32 Å². The summed E-state index contributed by atoms with van der Waals surface area (Å²) in [5, 5.41) is 20.1. The number of carbonyl (C=O) groups is 1. The number of nitrogens with zero attached hydrogens (tertiary/aromatic N) is 5. The average Bonchev–Trinajstić information content (AvgIpc) is 3.41. The SMILES string of the molecule is Cc1ccc(-c2csc(NC(=O)c3ccc(Cn4cncn4)cc3)n2)cc1[N+](=O)[O-]. The summed E-state index contributed by atoms with van der Waals surface area (Å²) in [6.07, 6.45) is 3.10. The molecule has 0 aliphatic rings. The van der Waals surface area contributed by atoms with Crippen LogP contribution < -0.4 is 5.32 Å². The van der Waals surface area contributed by atoms with E-state index in [-0.39, 0.29) is 11.6 Å². The molecule has 0 atom stereocenters. The molecule has 4 aromatic rings. The van der Waals surface area contributed by atoms with Gasteiger partial charge in [-0.25, -0.2) is 14.6 Å². The minimum Gasteiger partial charge on any atom is -0.298 e. The van der Waals surface area contributed by atoms with Crippen molar-refractivity contribution in [1.82, 2.24) is 19.7 Å². The maximum Gasteiger partial charge on any atom is 0.272 e. The summed E-state index contributed by atoms with van der Waals surface area (Å²) >= 11 is 1.26. The minimum absolute atomic E-state index is 0.0390. The highest BCUT2D eigenvalue weighted by Crippen LogP contribution is 2.29. The quantitative estimate of drug-likeness (QED) is 0.373. The van der Waals surface area contributed by atoms with E-state index in [0.29, 0.717) is 34.1 Å². The molecule has 0 aliphatic heterocycles. The molecule has 2 aromatic carbocycles. The maximum absolute atomic E-state index is 12.5. The molecule has 10 heteroatoms. The van der Waals surface area contributed by atoms with Crippen LogP contribution in [0.1, 0.15) is 21.5 Å². The van der Waals surface area contributed by atoms with Crippen LogP contribution in [0.5, 0.6) is 0 Å². The van der Waals surface area contributed by atoms with Crippen LogP contribution >= 0.6 is 11.3 Å². The highest BCUT2D eigenvalue weighted by atomic mass is 32.1. The molecule has 0 aliphatic carbocycles. The predicted molar refractivity (Wildman–Crippen MR) is 112 cm³/mol. The lowest BCUT2D eigenvalue weighted by Crippen LogP contribution is -2.11. The molecular formula is C20H16N6O3S. The minimum atomic E-state index is -0.416. The Kier molecular flexibility index (Phi) is 5.31. The van der Waals surface area contributed by atoms with E-state index in [9.17, 15) is 14.9 Å². The molecular weight excluding hydrogens is 404 g/mol. The molecule has 0 bridgehead atoms. The van der Waals surface area contributed by atoms with Crippen molar-refractivity contribution in [3.8, 4) is 11.3 Å². The lowest BCUT2D eigenvalue weighted by Gasteiger charge is -2.04. The fourth-order valence-electron chi connectivity index (χ4n) is 2.86. The van der Waals surface area contributed by atoms with Gasteiger partial charge in [0, 0.05) is 28.1 Å². The third kappa shape index (κ3) is 4.23. The number of aryl methyl sites for hydroxylation is 1. The smallest absolute Gasteiger partial charge is 0.272 e. The Bertz CT molecular complexity index is 1200. The van der Waals surface area contributed by atoms with Gasteiger partial charge in [-0.2, -0.15) is 5.10 Å². The topological polar surface area (TPSA) is 116 Å². The second-order valence-corrected chi connectivity index (χ2v) is 7.40. The van der Waals surface area contributed by atoms with Crippen LogP contribution in [0.3, 0.4) is 0 Å². The van der Waals surface area contributed by atoms with E-state index in [4.69, 9.17) is 0 Å². The number of amides is 1. The lowest BCUT2D eigenvalue weighted by molar-refractivity contribution is -0.385. The van der Waals surface area contributed by atoms with Gasteiger partial charge in [0.1, 0.15) is 12.7 Å². The van der Waals surface area contributed by atoms with Gasteiger partial charge >= 0.3 is 0 Å². The molecule has 0 saturated carbocycles. The standard InChI is InChI=1S/C20H16N6O3S/c1-13-2-5-16(8-18(13)26(28)29)17-10-30-20(23-17)24-19(27)15-6-3-14(4-7-15)9-25-12-21-11-22-25/h2-8,10-12H,9H2,1H3,(H,23,24,27). The number of hydrogen-bond acceptors (Lipinski definition) is 7. The third-order valence-corrected chi connectivity index (χ3v) is 5.21. The van der Waals surface area contributed by atoms with Gasteiger partial charge in [0.15, 0.2) is 5.13 Å². The molecule has 2 aromatic heterocycles. The largest absolute Gasteiger partial charge is 0.298 e. The first-order valence-corrected chi connectivity index (χ1v) is 9.81. The molecule has 0 radical (unpaired) electrons. The van der Waals surface area contributed by atoms with Gasteiger partial charge in [-0.05, 0) is 24.6 Å². The van der Waals surface area contributed by atoms with Gasteiger partial charge in [-0.1, -0.05) is 24.3 Å². The summed E-state index contributed by atoms with van der Waals surface area (Å²) in [6.45, 7) is 2.26. The molecule has 4 rings (SSSR count). The van der Waals surface area contributed by atoms with Crippen LogP contribution in [0.4, 0.5) is 10.8 Å². The molecule has 1 amide bonds. The molecule has 2 heterocycles. The number of nitrogens with one attached hydrogen (secondary N) is 1. The molecule has 9 nitrogen and oxygen atoms in total. The first-order chi connectivity index (χ1) is 14.5. The van der Waals surface area contributed by atoms with Crippen LogP contribution in [-0.4, -0.2) is 30.6 Å². The normalized spacial score (nSPS) is 10.7. The highest BCUT2D eigenvalue weighted by molar-refractivity contribution is 7.14. The zero-order valence-electron chi connectivity index (χ0n) is 15.8. The van der Waals surface area contributed by atoms with Crippen LogP contribution in [-0.2, 0) is 6.54 Å². The molecule has 150 valence electrons. The Morgan fingerprint density at radius 1 is 1.23 bits per heavy atom. The summed E-state index contributed by atoms with van der Waals surface area (Å²) in [5.74, 6) is -0.280. The molecule has 0 unspecified atom stereocenters. The molecule has 30 heavy (non-hydrogen) atoms. The Morgan fingerprint density at radius 3 is 2.73 bits per heavy atom. The number of thiazole rings is 1. The summed E-state index contributed by atoms with van der Waals surface area (Å²) < 4.78 is 1.70. The van der Waals surface area contributed by atoms with Crippen molar-refractivity contribution in [2.45, 2.75) is 13.5 Å². The van der Waals surface area contributed by atoms with E-state index in [0.717, 1.165) is 5.56 Å². The fourth-order valence-corrected chi connectivity index (χ4v) is 3.58. The lowest BCUT2D eigenvalue weighted by atomic mass is 10.1. The summed E-state index contributed by atoms with van der Waals surface area (Å²) in [4.78, 5) is 31.5. The molecule has 0 fully saturated rings. The Morgan fingerprint density at radius 2 is 2.03 bits per heavy atom. The van der Waals surface area contributed by atoms with E-state index in [1.54, 1.807) is 47.6 Å². The Labute approximate surface area is 175 Å². The first kappa shape index (κ1) is 19.4. The maximum atomic E-state index is 12.5. The predicted octanol–water partition coefficient (Wildman–Crippen LogP) is 3.92. The monoisotopic (exact) mass is 420 g/mol. The summed E-state index contributed by atoms with van der Waals surface area (Å²) in [5.41, 5.74) is 3.31. The van der Waals surface area contributed by atoms with E-state index in [1.807, 2.05) is 12.1 Å². The molecule has 1 N–H and O–H groups in total.